The number of rotatable bonds is 1. The van der Waals surface area contributed by atoms with Crippen molar-refractivity contribution in [1.29, 1.82) is 0 Å². The summed E-state index contributed by atoms with van der Waals surface area (Å²) in [7, 11) is 0. The Bertz CT molecular complexity index is 98.9. The molecule has 0 aliphatic heterocycles. The average Bonchev–Trinajstić information content (AvgIpc) is 1.88. The Morgan fingerprint density at radius 2 is 2.00 bits per heavy atom. The topological polar surface area (TPSA) is 0 Å². The van der Waals surface area contributed by atoms with Crippen LogP contribution in [0.5, 0.6) is 0 Å². The molecule has 0 heterocycles. The molecule has 0 amide bonds. The highest BCUT2D eigenvalue weighted by Crippen LogP contribution is 2.33. The summed E-state index contributed by atoms with van der Waals surface area (Å²) in [5.41, 5.74) is 0. The van der Waals surface area contributed by atoms with Gasteiger partial charge in [-0.15, -0.1) is 0 Å². The predicted octanol–water partition coefficient (Wildman–Crippen LogP) is 3.64. The third-order valence-electron chi connectivity index (χ3n) is 2.59. The van der Waals surface area contributed by atoms with Crippen molar-refractivity contribution in [1.82, 2.24) is 0 Å². The predicted molar refractivity (Wildman–Crippen MR) is 54.6 cm³/mol. The fourth-order valence-corrected chi connectivity index (χ4v) is 2.86. The third-order valence-corrected chi connectivity index (χ3v) is 3.72. The summed E-state index contributed by atoms with van der Waals surface area (Å²) >= 11 is 2.61. The van der Waals surface area contributed by atoms with Crippen LogP contribution in [0.4, 0.5) is 0 Å². The summed E-state index contributed by atoms with van der Waals surface area (Å²) in [6.45, 7) is 4.72. The standard InChI is InChI=1S/C9H17I/c1-7(2)8-4-3-5-9(10)6-8/h7-9H,3-6H2,1-2H3/t8-,9-/m1/s1. The minimum Gasteiger partial charge on any atom is -0.0826 e. The molecular formula is C9H17I. The fraction of sp³-hybridized carbons (Fsp3) is 1.00. The van der Waals surface area contributed by atoms with E-state index in [1.54, 1.807) is 0 Å². The van der Waals surface area contributed by atoms with E-state index in [-0.39, 0.29) is 0 Å². The van der Waals surface area contributed by atoms with Gasteiger partial charge in [0, 0.05) is 3.92 Å². The summed E-state index contributed by atoms with van der Waals surface area (Å²) in [5, 5.41) is 0. The minimum atomic E-state index is 0.914. The van der Waals surface area contributed by atoms with Crippen molar-refractivity contribution >= 4 is 22.6 Å². The summed E-state index contributed by atoms with van der Waals surface area (Å²) in [6, 6.07) is 0. The van der Waals surface area contributed by atoms with Crippen molar-refractivity contribution < 1.29 is 0 Å². The van der Waals surface area contributed by atoms with Crippen LogP contribution in [0.3, 0.4) is 0 Å². The molecule has 0 N–H and O–H groups in total. The molecule has 0 aromatic rings. The van der Waals surface area contributed by atoms with Crippen molar-refractivity contribution in [3.05, 3.63) is 0 Å². The van der Waals surface area contributed by atoms with Gasteiger partial charge < -0.3 is 0 Å². The molecule has 0 radical (unpaired) electrons. The van der Waals surface area contributed by atoms with Gasteiger partial charge in [0.15, 0.2) is 0 Å². The van der Waals surface area contributed by atoms with Gasteiger partial charge in [-0.25, -0.2) is 0 Å². The maximum atomic E-state index is 2.61. The molecule has 0 aromatic carbocycles. The Morgan fingerprint density at radius 1 is 1.30 bits per heavy atom. The van der Waals surface area contributed by atoms with E-state index in [1.807, 2.05) is 0 Å². The molecule has 2 atom stereocenters. The Balaban J connectivity index is 2.32. The number of hydrogen-bond donors (Lipinski definition) is 0. The molecule has 0 saturated heterocycles. The Labute approximate surface area is 77.9 Å². The number of hydrogen-bond acceptors (Lipinski definition) is 0. The Morgan fingerprint density at radius 3 is 2.40 bits per heavy atom. The van der Waals surface area contributed by atoms with E-state index in [0.717, 1.165) is 15.8 Å². The van der Waals surface area contributed by atoms with E-state index >= 15 is 0 Å². The Kier molecular flexibility index (Phi) is 3.47. The molecule has 0 nitrogen and oxygen atoms in total. The van der Waals surface area contributed by atoms with Crippen molar-refractivity contribution in [3.63, 3.8) is 0 Å². The first-order chi connectivity index (χ1) is 4.70. The molecule has 1 heteroatoms. The van der Waals surface area contributed by atoms with Gasteiger partial charge in [0.25, 0.3) is 0 Å². The molecule has 60 valence electrons. The van der Waals surface area contributed by atoms with Crippen LogP contribution in [0, 0.1) is 11.8 Å². The first-order valence-corrected chi connectivity index (χ1v) is 5.58. The fourth-order valence-electron chi connectivity index (χ4n) is 1.77. The highest BCUT2D eigenvalue weighted by atomic mass is 127. The molecule has 1 aliphatic carbocycles. The molecule has 1 aliphatic rings. The van der Waals surface area contributed by atoms with E-state index in [1.165, 1.54) is 25.7 Å². The summed E-state index contributed by atoms with van der Waals surface area (Å²) in [6.07, 6.45) is 5.88. The van der Waals surface area contributed by atoms with Crippen LogP contribution in [0.25, 0.3) is 0 Å². The number of alkyl halides is 1. The SMILES string of the molecule is CC(C)[C@@H]1CCC[C@@H](I)C1. The first-order valence-electron chi connectivity index (χ1n) is 4.34. The van der Waals surface area contributed by atoms with E-state index in [9.17, 15) is 0 Å². The van der Waals surface area contributed by atoms with Gasteiger partial charge in [-0.1, -0.05) is 49.3 Å². The van der Waals surface area contributed by atoms with Crippen LogP contribution in [0.15, 0.2) is 0 Å². The molecule has 0 bridgehead atoms. The van der Waals surface area contributed by atoms with Gasteiger partial charge in [-0.05, 0) is 24.7 Å². The first kappa shape index (κ1) is 8.82. The van der Waals surface area contributed by atoms with Crippen molar-refractivity contribution in [3.8, 4) is 0 Å². The van der Waals surface area contributed by atoms with Gasteiger partial charge >= 0.3 is 0 Å². The van der Waals surface area contributed by atoms with E-state index in [2.05, 4.69) is 36.4 Å². The second-order valence-electron chi connectivity index (χ2n) is 3.77. The van der Waals surface area contributed by atoms with Crippen LogP contribution in [0.2, 0.25) is 0 Å². The molecule has 1 rings (SSSR count). The van der Waals surface area contributed by atoms with E-state index in [0.29, 0.717) is 0 Å². The van der Waals surface area contributed by atoms with Crippen LogP contribution < -0.4 is 0 Å². The zero-order chi connectivity index (χ0) is 7.56. The molecule has 1 saturated carbocycles. The maximum absolute atomic E-state index is 2.61. The summed E-state index contributed by atoms with van der Waals surface area (Å²) < 4.78 is 0.971. The molecule has 0 aromatic heterocycles. The molecular weight excluding hydrogens is 235 g/mol. The lowest BCUT2D eigenvalue weighted by Gasteiger charge is -2.28. The lowest BCUT2D eigenvalue weighted by atomic mass is 9.82. The largest absolute Gasteiger partial charge is 0.0826 e. The van der Waals surface area contributed by atoms with Gasteiger partial charge in [0.2, 0.25) is 0 Å². The third kappa shape index (κ3) is 2.40. The van der Waals surface area contributed by atoms with Crippen LogP contribution in [-0.2, 0) is 0 Å². The molecule has 1 fully saturated rings. The normalized spacial score (nSPS) is 34.8. The van der Waals surface area contributed by atoms with Gasteiger partial charge in [0.1, 0.15) is 0 Å². The highest BCUT2D eigenvalue weighted by molar-refractivity contribution is 14.1. The average molecular weight is 252 g/mol. The van der Waals surface area contributed by atoms with E-state index < -0.39 is 0 Å². The second-order valence-corrected chi connectivity index (χ2v) is 5.53. The van der Waals surface area contributed by atoms with Crippen LogP contribution >= 0.6 is 22.6 Å². The maximum Gasteiger partial charge on any atom is 0.0112 e. The Hall–Kier alpha value is 0.730. The number of halogens is 1. The lowest BCUT2D eigenvalue weighted by molar-refractivity contribution is 0.289. The summed E-state index contributed by atoms with van der Waals surface area (Å²) in [5.74, 6) is 1.94. The minimum absolute atomic E-state index is 0.914. The highest BCUT2D eigenvalue weighted by Gasteiger charge is 2.21. The molecule has 0 spiro atoms. The van der Waals surface area contributed by atoms with Crippen molar-refractivity contribution in [2.24, 2.45) is 11.8 Å². The second kappa shape index (κ2) is 3.93. The van der Waals surface area contributed by atoms with Gasteiger partial charge in [0.05, 0.1) is 0 Å². The lowest BCUT2D eigenvalue weighted by Crippen LogP contribution is -2.19. The van der Waals surface area contributed by atoms with E-state index in [4.69, 9.17) is 0 Å². The molecule has 0 unspecified atom stereocenters. The quantitative estimate of drug-likeness (QED) is 0.493. The monoisotopic (exact) mass is 252 g/mol. The zero-order valence-electron chi connectivity index (χ0n) is 6.94. The van der Waals surface area contributed by atoms with Crippen molar-refractivity contribution in [2.75, 3.05) is 0 Å². The molecule has 10 heavy (non-hydrogen) atoms. The zero-order valence-corrected chi connectivity index (χ0v) is 9.10. The van der Waals surface area contributed by atoms with Crippen LogP contribution in [-0.4, -0.2) is 3.92 Å². The van der Waals surface area contributed by atoms with Crippen LogP contribution in [0.1, 0.15) is 39.5 Å². The van der Waals surface area contributed by atoms with Gasteiger partial charge in [-0.3, -0.25) is 0 Å². The van der Waals surface area contributed by atoms with Gasteiger partial charge in [-0.2, -0.15) is 0 Å². The van der Waals surface area contributed by atoms with Crippen molar-refractivity contribution in [2.45, 2.75) is 43.5 Å². The summed E-state index contributed by atoms with van der Waals surface area (Å²) in [4.78, 5) is 0. The smallest absolute Gasteiger partial charge is 0.0112 e.